The number of anilines is 1. The first-order chi connectivity index (χ1) is 8.56. The number of nitrogens with one attached hydrogen (secondary N) is 1. The molecule has 0 aromatic heterocycles. The van der Waals surface area contributed by atoms with Crippen LogP contribution in [0.4, 0.5) is 5.69 Å². The molecule has 1 aliphatic rings. The first kappa shape index (κ1) is 13.9. The van der Waals surface area contributed by atoms with Gasteiger partial charge in [-0.3, -0.25) is 0 Å². The lowest BCUT2D eigenvalue weighted by Gasteiger charge is -2.36. The molecule has 1 N–H and O–H groups in total. The van der Waals surface area contributed by atoms with Crippen LogP contribution < -0.4 is 10.2 Å². The van der Waals surface area contributed by atoms with Crippen molar-refractivity contribution in [1.29, 1.82) is 0 Å². The molecule has 18 heavy (non-hydrogen) atoms. The summed E-state index contributed by atoms with van der Waals surface area (Å²) in [5, 5.41) is 3.62. The zero-order valence-electron chi connectivity index (χ0n) is 11.5. The van der Waals surface area contributed by atoms with E-state index in [1.54, 1.807) is 0 Å². The quantitative estimate of drug-likeness (QED) is 0.918. The maximum atomic E-state index is 3.63. The Labute approximate surface area is 119 Å². The van der Waals surface area contributed by atoms with E-state index in [9.17, 15) is 0 Å². The zero-order valence-corrected chi connectivity index (χ0v) is 13.1. The molecule has 2 rings (SSSR count). The van der Waals surface area contributed by atoms with E-state index in [-0.39, 0.29) is 0 Å². The number of hydrogen-bond acceptors (Lipinski definition) is 2. The highest BCUT2D eigenvalue weighted by Gasteiger charge is 2.20. The molecule has 3 heteroatoms. The first-order valence-corrected chi connectivity index (χ1v) is 7.60. The number of hydrogen-bond donors (Lipinski definition) is 1. The number of aryl methyl sites for hydroxylation is 1. The van der Waals surface area contributed by atoms with E-state index in [1.807, 2.05) is 0 Å². The molecule has 0 spiro atoms. The molecule has 1 heterocycles. The van der Waals surface area contributed by atoms with E-state index in [2.05, 4.69) is 65.1 Å². The fourth-order valence-electron chi connectivity index (χ4n) is 2.57. The van der Waals surface area contributed by atoms with Gasteiger partial charge in [-0.05, 0) is 37.0 Å². The fourth-order valence-corrected chi connectivity index (χ4v) is 2.93. The van der Waals surface area contributed by atoms with Crippen LogP contribution in [0.3, 0.4) is 0 Å². The molecule has 1 fully saturated rings. The van der Waals surface area contributed by atoms with Gasteiger partial charge in [0.1, 0.15) is 0 Å². The van der Waals surface area contributed by atoms with Gasteiger partial charge < -0.3 is 10.2 Å². The molecular formula is C15H23BrN2. The van der Waals surface area contributed by atoms with E-state index in [0.29, 0.717) is 6.04 Å². The molecule has 0 aliphatic carbocycles. The Bertz CT molecular complexity index is 403. The lowest BCUT2D eigenvalue weighted by atomic mass is 10.0. The van der Waals surface area contributed by atoms with Gasteiger partial charge in [0.25, 0.3) is 0 Å². The predicted octanol–water partition coefficient (Wildman–Crippen LogP) is 3.58. The number of benzene rings is 1. The summed E-state index contributed by atoms with van der Waals surface area (Å²) in [7, 11) is 0. The van der Waals surface area contributed by atoms with Gasteiger partial charge in [0.15, 0.2) is 0 Å². The highest BCUT2D eigenvalue weighted by atomic mass is 79.9. The summed E-state index contributed by atoms with van der Waals surface area (Å²) in [5.41, 5.74) is 2.63. The van der Waals surface area contributed by atoms with Crippen molar-refractivity contribution >= 4 is 21.6 Å². The second-order valence-electron chi connectivity index (χ2n) is 5.66. The Morgan fingerprint density at radius 3 is 2.89 bits per heavy atom. The molecule has 0 bridgehead atoms. The van der Waals surface area contributed by atoms with E-state index in [1.165, 1.54) is 22.1 Å². The van der Waals surface area contributed by atoms with Crippen molar-refractivity contribution in [3.8, 4) is 0 Å². The highest BCUT2D eigenvalue weighted by molar-refractivity contribution is 9.10. The third kappa shape index (κ3) is 3.48. The van der Waals surface area contributed by atoms with Crippen molar-refractivity contribution in [2.75, 3.05) is 24.5 Å². The summed E-state index contributed by atoms with van der Waals surface area (Å²) in [6.07, 6.45) is 1.25. The minimum atomic E-state index is 0.624. The maximum absolute atomic E-state index is 3.63. The van der Waals surface area contributed by atoms with Crippen LogP contribution in [0.5, 0.6) is 0 Å². The van der Waals surface area contributed by atoms with E-state index in [4.69, 9.17) is 0 Å². The van der Waals surface area contributed by atoms with Crippen molar-refractivity contribution in [2.24, 2.45) is 5.92 Å². The maximum Gasteiger partial charge on any atom is 0.0378 e. The molecule has 1 aromatic rings. The molecule has 1 aliphatic heterocycles. The molecule has 2 nitrogen and oxygen atoms in total. The van der Waals surface area contributed by atoms with Crippen molar-refractivity contribution in [3.63, 3.8) is 0 Å². The molecule has 1 atom stereocenters. The van der Waals surface area contributed by atoms with Gasteiger partial charge in [-0.2, -0.15) is 0 Å². The molecule has 1 saturated heterocycles. The zero-order chi connectivity index (χ0) is 13.1. The fraction of sp³-hybridized carbons (Fsp3) is 0.600. The summed E-state index contributed by atoms with van der Waals surface area (Å²) < 4.78 is 1.21. The first-order valence-electron chi connectivity index (χ1n) is 6.80. The number of piperazine rings is 1. The second-order valence-corrected chi connectivity index (χ2v) is 6.51. The Morgan fingerprint density at radius 1 is 1.44 bits per heavy atom. The van der Waals surface area contributed by atoms with Crippen LogP contribution in [0, 0.1) is 12.8 Å². The topological polar surface area (TPSA) is 15.3 Å². The molecule has 0 amide bonds. The highest BCUT2D eigenvalue weighted by Crippen LogP contribution is 2.25. The minimum absolute atomic E-state index is 0.624. The van der Waals surface area contributed by atoms with Crippen LogP contribution in [0.1, 0.15) is 25.8 Å². The molecule has 0 radical (unpaired) electrons. The molecule has 1 aromatic carbocycles. The summed E-state index contributed by atoms with van der Waals surface area (Å²) in [6, 6.07) is 7.29. The van der Waals surface area contributed by atoms with E-state index in [0.717, 1.165) is 25.6 Å². The average molecular weight is 311 g/mol. The number of nitrogens with zero attached hydrogens (tertiary/aromatic N) is 1. The largest absolute Gasteiger partial charge is 0.369 e. The van der Waals surface area contributed by atoms with Gasteiger partial charge in [0.05, 0.1) is 0 Å². The van der Waals surface area contributed by atoms with Crippen molar-refractivity contribution < 1.29 is 0 Å². The smallest absolute Gasteiger partial charge is 0.0378 e. The van der Waals surface area contributed by atoms with Gasteiger partial charge in [-0.15, -0.1) is 0 Å². The summed E-state index contributed by atoms with van der Waals surface area (Å²) in [5.74, 6) is 0.757. The molecule has 0 saturated carbocycles. The van der Waals surface area contributed by atoms with Crippen LogP contribution >= 0.6 is 15.9 Å². The van der Waals surface area contributed by atoms with Crippen LogP contribution in [-0.4, -0.2) is 25.7 Å². The van der Waals surface area contributed by atoms with Crippen molar-refractivity contribution in [3.05, 3.63) is 28.2 Å². The Morgan fingerprint density at radius 2 is 2.22 bits per heavy atom. The SMILES string of the molecule is Cc1ccc(N2CCNC(CC(C)C)C2)cc1Br. The van der Waals surface area contributed by atoms with Crippen LogP contribution in [0.25, 0.3) is 0 Å². The van der Waals surface area contributed by atoms with Crippen LogP contribution in [0.2, 0.25) is 0 Å². The third-order valence-corrected chi connectivity index (χ3v) is 4.39. The molecular weight excluding hydrogens is 288 g/mol. The van der Waals surface area contributed by atoms with Gasteiger partial charge >= 0.3 is 0 Å². The summed E-state index contributed by atoms with van der Waals surface area (Å²) in [4.78, 5) is 2.49. The lowest BCUT2D eigenvalue weighted by molar-refractivity contribution is 0.388. The van der Waals surface area contributed by atoms with Crippen molar-refractivity contribution in [2.45, 2.75) is 33.2 Å². The lowest BCUT2D eigenvalue weighted by Crippen LogP contribution is -2.51. The standard InChI is InChI=1S/C15H23BrN2/c1-11(2)8-13-10-18(7-6-17-13)14-5-4-12(3)15(16)9-14/h4-5,9,11,13,17H,6-8,10H2,1-3H3. The van der Waals surface area contributed by atoms with Gasteiger partial charge in [-0.1, -0.05) is 35.8 Å². The predicted molar refractivity (Wildman–Crippen MR) is 82.3 cm³/mol. The van der Waals surface area contributed by atoms with Crippen LogP contribution in [0.15, 0.2) is 22.7 Å². The average Bonchev–Trinajstić information content (AvgIpc) is 2.32. The van der Waals surface area contributed by atoms with Gasteiger partial charge in [-0.25, -0.2) is 0 Å². The van der Waals surface area contributed by atoms with Crippen LogP contribution in [-0.2, 0) is 0 Å². The number of halogens is 1. The van der Waals surface area contributed by atoms with Gasteiger partial charge in [0.2, 0.25) is 0 Å². The second kappa shape index (κ2) is 6.07. The molecule has 1 unspecified atom stereocenters. The Kier molecular flexibility index (Phi) is 4.68. The van der Waals surface area contributed by atoms with Gasteiger partial charge in [0, 0.05) is 35.8 Å². The minimum Gasteiger partial charge on any atom is -0.369 e. The monoisotopic (exact) mass is 310 g/mol. The third-order valence-electron chi connectivity index (χ3n) is 3.53. The Hall–Kier alpha value is -0.540. The molecule has 100 valence electrons. The summed E-state index contributed by atoms with van der Waals surface area (Å²) in [6.45, 7) is 10.0. The van der Waals surface area contributed by atoms with Crippen molar-refractivity contribution in [1.82, 2.24) is 5.32 Å². The normalized spacial score (nSPS) is 20.5. The Balaban J connectivity index is 2.05. The van der Waals surface area contributed by atoms with E-state index >= 15 is 0 Å². The van der Waals surface area contributed by atoms with E-state index < -0.39 is 0 Å². The summed E-state index contributed by atoms with van der Waals surface area (Å²) >= 11 is 3.63. The number of rotatable bonds is 3.